The van der Waals surface area contributed by atoms with E-state index in [1.165, 1.54) is 22.9 Å². The topological polar surface area (TPSA) is 94.6 Å². The molecule has 0 radical (unpaired) electrons. The molecule has 2 rings (SSSR count). The van der Waals surface area contributed by atoms with Gasteiger partial charge in [-0.1, -0.05) is 26.8 Å². The summed E-state index contributed by atoms with van der Waals surface area (Å²) >= 11 is 0. The molecule has 0 saturated carbocycles. The fraction of sp³-hybridized carbons (Fsp3) is 0.421. The normalized spacial score (nSPS) is 11.3. The van der Waals surface area contributed by atoms with Crippen molar-refractivity contribution in [2.24, 2.45) is 0 Å². The number of hydrogen-bond donors (Lipinski definition) is 1. The SMILES string of the molecule is CC(C)(C)c1[nH]n(Cc2ccc(C#N)cc2OC(F)F)c(=O)c1CCC#N. The molecule has 6 nitrogen and oxygen atoms in total. The molecule has 1 heterocycles. The quantitative estimate of drug-likeness (QED) is 0.838. The van der Waals surface area contributed by atoms with Crippen molar-refractivity contribution in [3.05, 3.63) is 50.9 Å². The van der Waals surface area contributed by atoms with Gasteiger partial charge >= 0.3 is 6.61 Å². The molecule has 0 aliphatic carbocycles. The van der Waals surface area contributed by atoms with Gasteiger partial charge in [0.1, 0.15) is 5.75 Å². The van der Waals surface area contributed by atoms with Crippen LogP contribution in [0.1, 0.15) is 49.6 Å². The first-order valence-corrected chi connectivity index (χ1v) is 8.34. The molecule has 27 heavy (non-hydrogen) atoms. The van der Waals surface area contributed by atoms with Gasteiger partial charge in [-0.2, -0.15) is 19.3 Å². The summed E-state index contributed by atoms with van der Waals surface area (Å²) in [5.41, 5.74) is 1.06. The van der Waals surface area contributed by atoms with E-state index in [4.69, 9.17) is 10.5 Å². The van der Waals surface area contributed by atoms with Crippen LogP contribution in [-0.4, -0.2) is 16.4 Å². The molecule has 0 spiro atoms. The Morgan fingerprint density at radius 1 is 1.30 bits per heavy atom. The molecule has 0 aliphatic rings. The van der Waals surface area contributed by atoms with E-state index in [1.54, 1.807) is 0 Å². The second-order valence-corrected chi connectivity index (χ2v) is 7.08. The summed E-state index contributed by atoms with van der Waals surface area (Å²) in [5.74, 6) is -0.151. The number of nitriles is 2. The standard InChI is InChI=1S/C19H20F2N4O2/c1-19(2,3)16-14(5-4-8-22)17(26)25(24-16)11-13-7-6-12(10-23)9-15(13)27-18(20)21/h6-7,9,18,24H,4-5,11H2,1-3H3. The zero-order valence-corrected chi connectivity index (χ0v) is 15.3. The summed E-state index contributed by atoms with van der Waals surface area (Å²) in [6, 6.07) is 8.07. The lowest BCUT2D eigenvalue weighted by Gasteiger charge is -2.18. The maximum absolute atomic E-state index is 12.8. The first-order valence-electron chi connectivity index (χ1n) is 8.34. The number of nitrogens with one attached hydrogen (secondary N) is 1. The van der Waals surface area contributed by atoms with Gasteiger partial charge < -0.3 is 4.74 Å². The van der Waals surface area contributed by atoms with Crippen LogP contribution in [0.3, 0.4) is 0 Å². The molecule has 1 N–H and O–H groups in total. The zero-order chi connectivity index (χ0) is 20.2. The van der Waals surface area contributed by atoms with Gasteiger partial charge in [0, 0.05) is 28.7 Å². The van der Waals surface area contributed by atoms with Crippen LogP contribution in [0.15, 0.2) is 23.0 Å². The number of H-pyrrole nitrogens is 1. The fourth-order valence-electron chi connectivity index (χ4n) is 2.80. The maximum Gasteiger partial charge on any atom is 0.387 e. The number of nitrogens with zero attached hydrogens (tertiary/aromatic N) is 3. The highest BCUT2D eigenvalue weighted by Crippen LogP contribution is 2.26. The van der Waals surface area contributed by atoms with Crippen LogP contribution < -0.4 is 10.3 Å². The zero-order valence-electron chi connectivity index (χ0n) is 15.3. The lowest BCUT2D eigenvalue weighted by Crippen LogP contribution is -2.20. The second-order valence-electron chi connectivity index (χ2n) is 7.08. The van der Waals surface area contributed by atoms with E-state index in [2.05, 4.69) is 9.84 Å². The third-order valence-corrected chi connectivity index (χ3v) is 4.03. The average molecular weight is 374 g/mol. The molecule has 1 aromatic heterocycles. The van der Waals surface area contributed by atoms with Gasteiger partial charge in [-0.15, -0.1) is 0 Å². The number of rotatable bonds is 6. The van der Waals surface area contributed by atoms with Gasteiger partial charge in [0.05, 0.1) is 24.2 Å². The molecule has 0 atom stereocenters. The summed E-state index contributed by atoms with van der Waals surface area (Å²) < 4.78 is 31.2. The Morgan fingerprint density at radius 2 is 2.00 bits per heavy atom. The Hall–Kier alpha value is -3.13. The molecule has 1 aromatic carbocycles. The van der Waals surface area contributed by atoms with Crippen molar-refractivity contribution in [3.63, 3.8) is 0 Å². The van der Waals surface area contributed by atoms with Crippen molar-refractivity contribution in [3.8, 4) is 17.9 Å². The van der Waals surface area contributed by atoms with Crippen LogP contribution in [0, 0.1) is 22.7 Å². The van der Waals surface area contributed by atoms with E-state index < -0.39 is 6.61 Å². The predicted octanol–water partition coefficient (Wildman–Crippen LogP) is 3.45. The minimum atomic E-state index is -3.05. The fourth-order valence-corrected chi connectivity index (χ4v) is 2.80. The molecular weight excluding hydrogens is 354 g/mol. The van der Waals surface area contributed by atoms with E-state index in [0.29, 0.717) is 23.2 Å². The number of alkyl halides is 2. The predicted molar refractivity (Wildman–Crippen MR) is 94.6 cm³/mol. The molecule has 8 heteroatoms. The molecule has 0 unspecified atom stereocenters. The Balaban J connectivity index is 2.49. The largest absolute Gasteiger partial charge is 0.434 e. The third-order valence-electron chi connectivity index (χ3n) is 4.03. The highest BCUT2D eigenvalue weighted by atomic mass is 19.3. The number of hydrogen-bond acceptors (Lipinski definition) is 4. The lowest BCUT2D eigenvalue weighted by atomic mass is 9.88. The Morgan fingerprint density at radius 3 is 2.56 bits per heavy atom. The Labute approximate surface area is 155 Å². The van der Waals surface area contributed by atoms with Gasteiger partial charge in [-0.25, -0.2) is 4.68 Å². The highest BCUT2D eigenvalue weighted by molar-refractivity contribution is 5.42. The maximum atomic E-state index is 12.8. The third kappa shape index (κ3) is 4.73. The van der Waals surface area contributed by atoms with Crippen molar-refractivity contribution in [2.45, 2.75) is 52.2 Å². The second kappa shape index (κ2) is 8.05. The number of aromatic amines is 1. The number of benzene rings is 1. The minimum absolute atomic E-state index is 0.0256. The van der Waals surface area contributed by atoms with Gasteiger partial charge in [-0.05, 0) is 18.6 Å². The summed E-state index contributed by atoms with van der Waals surface area (Å²) in [5, 5.41) is 20.8. The van der Waals surface area contributed by atoms with Gasteiger partial charge in [-0.3, -0.25) is 9.89 Å². The Kier molecular flexibility index (Phi) is 6.02. The van der Waals surface area contributed by atoms with Crippen LogP contribution >= 0.6 is 0 Å². The molecule has 0 saturated heterocycles. The number of aromatic nitrogens is 2. The summed E-state index contributed by atoms with van der Waals surface area (Å²) in [4.78, 5) is 12.8. The van der Waals surface area contributed by atoms with Gasteiger partial charge in [0.25, 0.3) is 5.56 Å². The van der Waals surface area contributed by atoms with E-state index in [1.807, 2.05) is 32.9 Å². The van der Waals surface area contributed by atoms with Crippen LogP contribution in [0.2, 0.25) is 0 Å². The molecule has 2 aromatic rings. The number of ether oxygens (including phenoxy) is 1. The summed E-state index contributed by atoms with van der Waals surface area (Å²) in [7, 11) is 0. The molecule has 0 aliphatic heterocycles. The summed E-state index contributed by atoms with van der Waals surface area (Å²) in [6.45, 7) is 2.74. The molecule has 142 valence electrons. The first-order chi connectivity index (χ1) is 12.7. The van der Waals surface area contributed by atoms with Crippen molar-refractivity contribution in [1.82, 2.24) is 9.78 Å². The van der Waals surface area contributed by atoms with Crippen molar-refractivity contribution >= 4 is 0 Å². The molecule has 0 amide bonds. The van der Waals surface area contributed by atoms with E-state index >= 15 is 0 Å². The van der Waals surface area contributed by atoms with Gasteiger partial charge in [0.15, 0.2) is 0 Å². The van der Waals surface area contributed by atoms with Gasteiger partial charge in [0.2, 0.25) is 0 Å². The molecular formula is C19H20F2N4O2. The lowest BCUT2D eigenvalue weighted by molar-refractivity contribution is -0.0505. The van der Waals surface area contributed by atoms with Crippen LogP contribution in [0.5, 0.6) is 5.75 Å². The van der Waals surface area contributed by atoms with Crippen molar-refractivity contribution < 1.29 is 13.5 Å². The highest BCUT2D eigenvalue weighted by Gasteiger charge is 2.24. The van der Waals surface area contributed by atoms with Crippen LogP contribution in [0.25, 0.3) is 0 Å². The van der Waals surface area contributed by atoms with Crippen molar-refractivity contribution in [2.75, 3.05) is 0 Å². The number of halogens is 2. The monoisotopic (exact) mass is 374 g/mol. The first kappa shape index (κ1) is 20.2. The van der Waals surface area contributed by atoms with E-state index in [9.17, 15) is 13.6 Å². The van der Waals surface area contributed by atoms with Crippen molar-refractivity contribution in [1.29, 1.82) is 10.5 Å². The van der Waals surface area contributed by atoms with Crippen LogP contribution in [0.4, 0.5) is 8.78 Å². The van der Waals surface area contributed by atoms with Crippen LogP contribution in [-0.2, 0) is 18.4 Å². The summed E-state index contributed by atoms with van der Waals surface area (Å²) in [6.07, 6.45) is 0.506. The van der Waals surface area contributed by atoms with E-state index in [0.717, 1.165) is 0 Å². The minimum Gasteiger partial charge on any atom is -0.434 e. The molecule has 0 bridgehead atoms. The average Bonchev–Trinajstić information content (AvgIpc) is 2.90. The smallest absolute Gasteiger partial charge is 0.387 e. The Bertz CT molecular complexity index is 956. The van der Waals surface area contributed by atoms with E-state index in [-0.39, 0.29) is 35.3 Å². The molecule has 0 fully saturated rings.